The Labute approximate surface area is 104 Å². The number of nitrogens with zero attached hydrogens (tertiary/aromatic N) is 2. The van der Waals surface area contributed by atoms with Crippen molar-refractivity contribution in [1.82, 2.24) is 4.90 Å². The average molecular weight is 234 g/mol. The van der Waals surface area contributed by atoms with Crippen molar-refractivity contribution in [2.24, 2.45) is 0 Å². The van der Waals surface area contributed by atoms with E-state index < -0.39 is 5.41 Å². The number of anilines is 1. The molecule has 0 atom stereocenters. The molecule has 0 heterocycles. The summed E-state index contributed by atoms with van der Waals surface area (Å²) in [5.41, 5.74) is 1.71. The molecule has 0 saturated carbocycles. The van der Waals surface area contributed by atoms with Gasteiger partial charge in [-0.2, -0.15) is 0 Å². The van der Waals surface area contributed by atoms with Gasteiger partial charge in [-0.3, -0.25) is 4.79 Å². The fraction of sp³-hybridized carbons (Fsp3) is 0.500. The Hall–Kier alpha value is -1.51. The second-order valence-corrected chi connectivity index (χ2v) is 5.27. The average Bonchev–Trinajstić information content (AvgIpc) is 2.27. The van der Waals surface area contributed by atoms with Gasteiger partial charge in [0.05, 0.1) is 5.41 Å². The summed E-state index contributed by atoms with van der Waals surface area (Å²) >= 11 is 0. The predicted octanol–water partition coefficient (Wildman–Crippen LogP) is 2.12. The summed E-state index contributed by atoms with van der Waals surface area (Å²) < 4.78 is 0. The molecule has 1 aromatic rings. The van der Waals surface area contributed by atoms with E-state index in [0.29, 0.717) is 0 Å². The molecular weight excluding hydrogens is 212 g/mol. The van der Waals surface area contributed by atoms with E-state index in [4.69, 9.17) is 0 Å². The van der Waals surface area contributed by atoms with Crippen LogP contribution >= 0.6 is 0 Å². The van der Waals surface area contributed by atoms with Crippen LogP contribution in [0.2, 0.25) is 0 Å². The Bertz CT molecular complexity index is 391. The molecule has 1 aromatic carbocycles. The number of hydrogen-bond donors (Lipinski definition) is 0. The number of benzene rings is 1. The lowest BCUT2D eigenvalue weighted by Crippen LogP contribution is -2.39. The lowest BCUT2D eigenvalue weighted by molar-refractivity contribution is -0.133. The molecular formula is C14H22N2O. The normalized spacial score (nSPS) is 11.2. The van der Waals surface area contributed by atoms with Crippen molar-refractivity contribution in [3.8, 4) is 0 Å². The van der Waals surface area contributed by atoms with Crippen molar-refractivity contribution in [1.29, 1.82) is 0 Å². The van der Waals surface area contributed by atoms with Gasteiger partial charge in [0.1, 0.15) is 0 Å². The van der Waals surface area contributed by atoms with E-state index in [1.807, 2.05) is 57.1 Å². The number of carbonyl (C=O) groups excluding carboxylic acids is 1. The van der Waals surface area contributed by atoms with Crippen molar-refractivity contribution < 1.29 is 4.79 Å². The Kier molecular flexibility index (Phi) is 3.81. The maximum Gasteiger partial charge on any atom is 0.232 e. The van der Waals surface area contributed by atoms with Crippen LogP contribution in [0.1, 0.15) is 19.4 Å². The maximum absolute atomic E-state index is 12.1. The molecule has 0 spiro atoms. The highest BCUT2D eigenvalue weighted by Crippen LogP contribution is 2.26. The predicted molar refractivity (Wildman–Crippen MR) is 72.5 cm³/mol. The van der Waals surface area contributed by atoms with Crippen LogP contribution in [0.3, 0.4) is 0 Å². The second kappa shape index (κ2) is 4.78. The summed E-state index contributed by atoms with van der Waals surface area (Å²) in [6, 6.07) is 8.13. The summed E-state index contributed by atoms with van der Waals surface area (Å²) in [4.78, 5) is 15.8. The SMILES string of the molecule is CN(C)C(=O)C(C)(C)c1ccc(N(C)C)cc1. The summed E-state index contributed by atoms with van der Waals surface area (Å²) in [6.45, 7) is 3.92. The van der Waals surface area contributed by atoms with Gasteiger partial charge < -0.3 is 9.80 Å². The van der Waals surface area contributed by atoms with Crippen LogP contribution < -0.4 is 4.90 Å². The first-order valence-electron chi connectivity index (χ1n) is 5.76. The van der Waals surface area contributed by atoms with Crippen molar-refractivity contribution >= 4 is 11.6 Å². The molecule has 3 nitrogen and oxygen atoms in total. The molecule has 1 amide bonds. The minimum atomic E-state index is -0.478. The van der Waals surface area contributed by atoms with E-state index in [9.17, 15) is 4.79 Å². The summed E-state index contributed by atoms with van der Waals surface area (Å²) in [5, 5.41) is 0. The fourth-order valence-electron chi connectivity index (χ4n) is 1.86. The summed E-state index contributed by atoms with van der Waals surface area (Å²) in [5.74, 6) is 0.120. The third-order valence-electron chi connectivity index (χ3n) is 3.05. The minimum Gasteiger partial charge on any atom is -0.378 e. The molecule has 0 saturated heterocycles. The van der Waals surface area contributed by atoms with E-state index in [-0.39, 0.29) is 5.91 Å². The molecule has 0 fully saturated rings. The first kappa shape index (κ1) is 13.6. The Morgan fingerprint density at radius 2 is 1.47 bits per heavy atom. The van der Waals surface area contributed by atoms with Gasteiger partial charge in [-0.05, 0) is 31.5 Å². The van der Waals surface area contributed by atoms with Crippen LogP contribution in [-0.2, 0) is 10.2 Å². The molecule has 3 heteroatoms. The zero-order chi connectivity index (χ0) is 13.2. The molecule has 0 bridgehead atoms. The third kappa shape index (κ3) is 2.78. The monoisotopic (exact) mass is 234 g/mol. The van der Waals surface area contributed by atoms with Crippen LogP contribution in [0.5, 0.6) is 0 Å². The van der Waals surface area contributed by atoms with Crippen molar-refractivity contribution in [3.63, 3.8) is 0 Å². The van der Waals surface area contributed by atoms with E-state index in [0.717, 1.165) is 11.3 Å². The molecule has 17 heavy (non-hydrogen) atoms. The number of likely N-dealkylation sites (N-methyl/N-ethyl adjacent to an activating group) is 1. The zero-order valence-electron chi connectivity index (χ0n) is 11.6. The lowest BCUT2D eigenvalue weighted by atomic mass is 9.83. The van der Waals surface area contributed by atoms with Crippen molar-refractivity contribution in [2.45, 2.75) is 19.3 Å². The van der Waals surface area contributed by atoms with Crippen LogP contribution in [0.15, 0.2) is 24.3 Å². The van der Waals surface area contributed by atoms with E-state index in [2.05, 4.69) is 0 Å². The van der Waals surface area contributed by atoms with Crippen LogP contribution in [-0.4, -0.2) is 39.0 Å². The standard InChI is InChI=1S/C14H22N2O/c1-14(2,13(17)16(5)6)11-7-9-12(10-8-11)15(3)4/h7-10H,1-6H3. The Balaban J connectivity index is 3.04. The van der Waals surface area contributed by atoms with Gasteiger partial charge in [0.2, 0.25) is 5.91 Å². The fourth-order valence-corrected chi connectivity index (χ4v) is 1.86. The number of rotatable bonds is 3. The Morgan fingerprint density at radius 1 is 1.00 bits per heavy atom. The number of hydrogen-bond acceptors (Lipinski definition) is 2. The largest absolute Gasteiger partial charge is 0.378 e. The van der Waals surface area contributed by atoms with E-state index in [1.54, 1.807) is 19.0 Å². The quantitative estimate of drug-likeness (QED) is 0.800. The molecule has 0 aliphatic rings. The maximum atomic E-state index is 12.1. The number of carbonyl (C=O) groups is 1. The molecule has 0 radical (unpaired) electrons. The first-order valence-corrected chi connectivity index (χ1v) is 5.76. The van der Waals surface area contributed by atoms with Gasteiger partial charge in [0.15, 0.2) is 0 Å². The van der Waals surface area contributed by atoms with Crippen LogP contribution in [0, 0.1) is 0 Å². The molecule has 0 N–H and O–H groups in total. The van der Waals surface area contributed by atoms with Gasteiger partial charge in [-0.15, -0.1) is 0 Å². The first-order chi connectivity index (χ1) is 7.76. The van der Waals surface area contributed by atoms with Crippen LogP contribution in [0.25, 0.3) is 0 Å². The number of amides is 1. The van der Waals surface area contributed by atoms with E-state index in [1.165, 1.54) is 0 Å². The highest BCUT2D eigenvalue weighted by Gasteiger charge is 2.30. The zero-order valence-corrected chi connectivity index (χ0v) is 11.6. The Morgan fingerprint density at radius 3 is 1.82 bits per heavy atom. The van der Waals surface area contributed by atoms with Gasteiger partial charge in [-0.1, -0.05) is 12.1 Å². The highest BCUT2D eigenvalue weighted by atomic mass is 16.2. The molecule has 0 aliphatic heterocycles. The van der Waals surface area contributed by atoms with Gasteiger partial charge in [0.25, 0.3) is 0 Å². The molecule has 0 aromatic heterocycles. The van der Waals surface area contributed by atoms with Crippen molar-refractivity contribution in [2.75, 3.05) is 33.1 Å². The van der Waals surface area contributed by atoms with Crippen LogP contribution in [0.4, 0.5) is 5.69 Å². The van der Waals surface area contributed by atoms with Gasteiger partial charge in [0, 0.05) is 33.9 Å². The summed E-state index contributed by atoms with van der Waals surface area (Å²) in [7, 11) is 7.59. The molecule has 1 rings (SSSR count). The van der Waals surface area contributed by atoms with Gasteiger partial charge in [-0.25, -0.2) is 0 Å². The molecule has 94 valence electrons. The third-order valence-corrected chi connectivity index (χ3v) is 3.05. The summed E-state index contributed by atoms with van der Waals surface area (Å²) in [6.07, 6.45) is 0. The second-order valence-electron chi connectivity index (χ2n) is 5.27. The van der Waals surface area contributed by atoms with E-state index >= 15 is 0 Å². The lowest BCUT2D eigenvalue weighted by Gasteiger charge is -2.28. The molecule has 0 unspecified atom stereocenters. The smallest absolute Gasteiger partial charge is 0.232 e. The van der Waals surface area contributed by atoms with Gasteiger partial charge >= 0.3 is 0 Å². The topological polar surface area (TPSA) is 23.6 Å². The van der Waals surface area contributed by atoms with Crippen molar-refractivity contribution in [3.05, 3.63) is 29.8 Å². The minimum absolute atomic E-state index is 0.120. The highest BCUT2D eigenvalue weighted by molar-refractivity contribution is 5.87. The molecule has 0 aliphatic carbocycles.